The molecule has 1 aliphatic carbocycles. The van der Waals surface area contributed by atoms with E-state index in [1.807, 2.05) is 24.3 Å². The summed E-state index contributed by atoms with van der Waals surface area (Å²) < 4.78 is 0.960. The van der Waals surface area contributed by atoms with Crippen LogP contribution in [0.25, 0.3) is 0 Å². The fraction of sp³-hybridized carbons (Fsp3) is 0.333. The molecule has 2 fully saturated rings. The molecule has 1 heterocycles. The van der Waals surface area contributed by atoms with E-state index in [0.29, 0.717) is 6.54 Å². The zero-order valence-corrected chi connectivity index (χ0v) is 10.4. The quantitative estimate of drug-likeness (QED) is 0.904. The van der Waals surface area contributed by atoms with Crippen molar-refractivity contribution in [3.63, 3.8) is 0 Å². The van der Waals surface area contributed by atoms with E-state index in [0.717, 1.165) is 10.2 Å². The number of halogens is 1. The fourth-order valence-electron chi connectivity index (χ4n) is 2.61. The molecule has 1 aliphatic heterocycles. The van der Waals surface area contributed by atoms with E-state index in [2.05, 4.69) is 15.9 Å². The van der Waals surface area contributed by atoms with Crippen LogP contribution >= 0.6 is 15.9 Å². The number of nitrogens with zero attached hydrogens (tertiary/aromatic N) is 1. The number of amides is 1. The number of piperidine rings is 1. The number of rotatable bonds is 2. The third kappa shape index (κ3) is 1.57. The average Bonchev–Trinajstić information content (AvgIpc) is 2.92. The molecule has 17 heavy (non-hydrogen) atoms. The summed E-state index contributed by atoms with van der Waals surface area (Å²) in [5.74, 6) is -1.64. The highest BCUT2D eigenvalue weighted by atomic mass is 79.9. The molecule has 3 unspecified atom stereocenters. The molecular weight excluding hydrogens is 286 g/mol. The van der Waals surface area contributed by atoms with Gasteiger partial charge in [-0.1, -0.05) is 15.9 Å². The number of aliphatic carboxylic acids is 1. The fourth-order valence-corrected chi connectivity index (χ4v) is 2.87. The monoisotopic (exact) mass is 295 g/mol. The number of fused-ring (bicyclic) bond motifs is 1. The second-order valence-corrected chi connectivity index (χ2v) is 5.39. The van der Waals surface area contributed by atoms with E-state index in [9.17, 15) is 9.59 Å². The molecule has 1 aromatic carbocycles. The molecule has 4 nitrogen and oxygen atoms in total. The van der Waals surface area contributed by atoms with Crippen molar-refractivity contribution in [1.29, 1.82) is 0 Å². The Labute approximate surface area is 106 Å². The smallest absolute Gasteiger partial charge is 0.307 e. The van der Waals surface area contributed by atoms with Crippen molar-refractivity contribution in [1.82, 2.24) is 0 Å². The summed E-state index contributed by atoms with van der Waals surface area (Å²) >= 11 is 3.34. The van der Waals surface area contributed by atoms with Crippen molar-refractivity contribution in [3.8, 4) is 0 Å². The van der Waals surface area contributed by atoms with Crippen molar-refractivity contribution in [2.75, 3.05) is 11.4 Å². The van der Waals surface area contributed by atoms with E-state index >= 15 is 0 Å². The number of carboxylic acid groups (broad SMARTS) is 1. The minimum Gasteiger partial charge on any atom is -0.481 e. The molecule has 1 aromatic rings. The van der Waals surface area contributed by atoms with Crippen LogP contribution in [0.2, 0.25) is 0 Å². The van der Waals surface area contributed by atoms with Gasteiger partial charge in [0.15, 0.2) is 0 Å². The van der Waals surface area contributed by atoms with E-state index in [1.165, 1.54) is 0 Å². The topological polar surface area (TPSA) is 57.6 Å². The lowest BCUT2D eigenvalue weighted by Gasteiger charge is -2.19. The number of benzene rings is 1. The SMILES string of the molecule is O=C(O)C1C2CN(c3ccc(Br)cc3)C(=O)C21. The van der Waals surface area contributed by atoms with Gasteiger partial charge >= 0.3 is 5.97 Å². The van der Waals surface area contributed by atoms with Crippen LogP contribution in [0.15, 0.2) is 28.7 Å². The number of carbonyl (C=O) groups excluding carboxylic acids is 1. The van der Waals surface area contributed by atoms with Crippen LogP contribution in [0.3, 0.4) is 0 Å². The Hall–Kier alpha value is -1.36. The number of anilines is 1. The van der Waals surface area contributed by atoms with Crippen LogP contribution < -0.4 is 4.90 Å². The van der Waals surface area contributed by atoms with Crippen molar-refractivity contribution in [3.05, 3.63) is 28.7 Å². The Morgan fingerprint density at radius 3 is 2.47 bits per heavy atom. The van der Waals surface area contributed by atoms with Crippen LogP contribution in [-0.2, 0) is 9.59 Å². The minimum atomic E-state index is -0.844. The second-order valence-electron chi connectivity index (χ2n) is 4.48. The summed E-state index contributed by atoms with van der Waals surface area (Å²) in [7, 11) is 0. The number of hydrogen-bond donors (Lipinski definition) is 1. The van der Waals surface area contributed by atoms with Gasteiger partial charge in [-0.2, -0.15) is 0 Å². The van der Waals surface area contributed by atoms with Gasteiger partial charge in [-0.3, -0.25) is 9.59 Å². The van der Waals surface area contributed by atoms with Gasteiger partial charge in [0.1, 0.15) is 0 Å². The van der Waals surface area contributed by atoms with E-state index in [1.54, 1.807) is 4.90 Å². The predicted molar refractivity (Wildman–Crippen MR) is 64.6 cm³/mol. The van der Waals surface area contributed by atoms with Gasteiger partial charge in [-0.05, 0) is 24.3 Å². The summed E-state index contributed by atoms with van der Waals surface area (Å²) in [4.78, 5) is 24.5. The van der Waals surface area contributed by atoms with Crippen LogP contribution in [0.4, 0.5) is 5.69 Å². The standard InChI is InChI=1S/C12H10BrNO3/c13-6-1-3-7(4-2-6)14-5-8-9(11(14)15)10(8)12(16)17/h1-4,8-10H,5H2,(H,16,17). The molecule has 0 bridgehead atoms. The maximum absolute atomic E-state index is 12.0. The molecular formula is C12H10BrNO3. The van der Waals surface area contributed by atoms with Gasteiger partial charge in [0.25, 0.3) is 0 Å². The molecule has 3 atom stereocenters. The molecule has 2 aliphatic rings. The first kappa shape index (κ1) is 10.8. The molecule has 0 radical (unpaired) electrons. The predicted octanol–water partition coefficient (Wildman–Crippen LogP) is 1.74. The Kier molecular flexibility index (Phi) is 2.26. The number of hydrogen-bond acceptors (Lipinski definition) is 2. The van der Waals surface area contributed by atoms with Crippen molar-refractivity contribution in [2.45, 2.75) is 0 Å². The van der Waals surface area contributed by atoms with Crippen LogP contribution in [0.1, 0.15) is 0 Å². The summed E-state index contributed by atoms with van der Waals surface area (Å²) in [6.07, 6.45) is 0. The summed E-state index contributed by atoms with van der Waals surface area (Å²) in [5.41, 5.74) is 0.842. The maximum Gasteiger partial charge on any atom is 0.307 e. The highest BCUT2D eigenvalue weighted by Gasteiger charge is 2.65. The molecule has 88 valence electrons. The van der Waals surface area contributed by atoms with Gasteiger partial charge in [0.05, 0.1) is 11.8 Å². The van der Waals surface area contributed by atoms with Gasteiger partial charge < -0.3 is 10.0 Å². The van der Waals surface area contributed by atoms with Gasteiger partial charge in [-0.25, -0.2) is 0 Å². The van der Waals surface area contributed by atoms with Crippen LogP contribution in [0, 0.1) is 17.8 Å². The van der Waals surface area contributed by atoms with Crippen molar-refractivity contribution in [2.24, 2.45) is 17.8 Å². The molecule has 1 amide bonds. The normalized spacial score (nSPS) is 30.3. The first-order chi connectivity index (χ1) is 8.09. The zero-order valence-electron chi connectivity index (χ0n) is 8.84. The lowest BCUT2D eigenvalue weighted by molar-refractivity contribution is -0.140. The first-order valence-corrected chi connectivity index (χ1v) is 6.18. The minimum absolute atomic E-state index is 0.00338. The highest BCUT2D eigenvalue weighted by molar-refractivity contribution is 9.10. The van der Waals surface area contributed by atoms with E-state index in [-0.39, 0.29) is 17.7 Å². The Bertz CT molecular complexity index is 499. The summed E-state index contributed by atoms with van der Waals surface area (Å²) in [5, 5.41) is 8.89. The largest absolute Gasteiger partial charge is 0.481 e. The van der Waals surface area contributed by atoms with Crippen molar-refractivity contribution >= 4 is 33.5 Å². The Morgan fingerprint density at radius 2 is 2.00 bits per heavy atom. The molecule has 1 saturated carbocycles. The van der Waals surface area contributed by atoms with Crippen LogP contribution in [-0.4, -0.2) is 23.5 Å². The lowest BCUT2D eigenvalue weighted by atomic mass is 10.2. The summed E-state index contributed by atoms with van der Waals surface area (Å²) in [6.45, 7) is 0.530. The molecule has 1 saturated heterocycles. The molecule has 5 heteroatoms. The Balaban J connectivity index is 1.80. The van der Waals surface area contributed by atoms with Gasteiger partial charge in [0.2, 0.25) is 5.91 Å². The lowest BCUT2D eigenvalue weighted by Crippen LogP contribution is -2.31. The Morgan fingerprint density at radius 1 is 1.35 bits per heavy atom. The van der Waals surface area contributed by atoms with Crippen molar-refractivity contribution < 1.29 is 14.7 Å². The average molecular weight is 296 g/mol. The molecule has 0 spiro atoms. The zero-order chi connectivity index (χ0) is 12.2. The molecule has 0 aromatic heterocycles. The second kappa shape index (κ2) is 3.57. The van der Waals surface area contributed by atoms with E-state index < -0.39 is 11.9 Å². The van der Waals surface area contributed by atoms with Gasteiger partial charge in [-0.15, -0.1) is 0 Å². The van der Waals surface area contributed by atoms with E-state index in [4.69, 9.17) is 5.11 Å². The summed E-state index contributed by atoms with van der Waals surface area (Å²) in [6, 6.07) is 7.48. The molecule has 1 N–H and O–H groups in total. The highest BCUT2D eigenvalue weighted by Crippen LogP contribution is 2.53. The van der Waals surface area contributed by atoms with Crippen LogP contribution in [0.5, 0.6) is 0 Å². The van der Waals surface area contributed by atoms with Gasteiger partial charge in [0, 0.05) is 22.6 Å². The number of carbonyl (C=O) groups is 2. The first-order valence-electron chi connectivity index (χ1n) is 5.39. The third-order valence-corrected chi connectivity index (χ3v) is 4.07. The number of carboxylic acids is 1. The molecule has 3 rings (SSSR count). The third-order valence-electron chi connectivity index (χ3n) is 3.54. The maximum atomic E-state index is 12.0.